The number of hydrogen-bond acceptors (Lipinski definition) is 4. The Morgan fingerprint density at radius 3 is 0.850 bits per heavy atom. The number of rotatable bonds is 4. The molecule has 4 heteroatoms. The zero-order valence-electron chi connectivity index (χ0n) is 23.7. The summed E-state index contributed by atoms with van der Waals surface area (Å²) in [7, 11) is 0. The van der Waals surface area contributed by atoms with Crippen LogP contribution in [0, 0.1) is 41.5 Å². The number of hydrogen-bond donors (Lipinski definition) is 4. The lowest BCUT2D eigenvalue weighted by Gasteiger charge is -2.26. The molecule has 0 aliphatic rings. The molecule has 5 aromatic carbocycles. The van der Waals surface area contributed by atoms with E-state index in [9.17, 15) is 20.4 Å². The molecule has 0 fully saturated rings. The van der Waals surface area contributed by atoms with E-state index in [1.54, 1.807) is 24.3 Å². The van der Waals surface area contributed by atoms with E-state index in [-0.39, 0.29) is 23.0 Å². The van der Waals surface area contributed by atoms with Crippen molar-refractivity contribution in [3.63, 3.8) is 0 Å². The molecule has 0 spiro atoms. The van der Waals surface area contributed by atoms with Gasteiger partial charge >= 0.3 is 0 Å². The molecule has 0 heterocycles. The summed E-state index contributed by atoms with van der Waals surface area (Å²) in [6, 6.07) is 22.7. The lowest BCUT2D eigenvalue weighted by atomic mass is 9.77. The predicted molar refractivity (Wildman–Crippen MR) is 163 cm³/mol. The zero-order valence-corrected chi connectivity index (χ0v) is 23.7. The number of phenols is 4. The van der Waals surface area contributed by atoms with Crippen molar-refractivity contribution < 1.29 is 20.4 Å². The number of phenolic OH excluding ortho intramolecular Hbond substituents is 4. The molecule has 0 aliphatic carbocycles. The van der Waals surface area contributed by atoms with E-state index in [2.05, 4.69) is 13.8 Å². The van der Waals surface area contributed by atoms with E-state index in [0.717, 1.165) is 77.9 Å². The summed E-state index contributed by atoms with van der Waals surface area (Å²) in [5, 5.41) is 41.4. The third-order valence-electron chi connectivity index (χ3n) is 7.94. The van der Waals surface area contributed by atoms with Gasteiger partial charge in [-0.1, -0.05) is 24.3 Å². The summed E-state index contributed by atoms with van der Waals surface area (Å²) in [4.78, 5) is 0. The number of aromatic hydroxyl groups is 4. The van der Waals surface area contributed by atoms with E-state index in [1.165, 1.54) is 0 Å². The molecule has 0 aromatic heterocycles. The normalized spacial score (nSPS) is 11.2. The minimum Gasteiger partial charge on any atom is -0.508 e. The molecule has 0 atom stereocenters. The third kappa shape index (κ3) is 4.56. The lowest BCUT2D eigenvalue weighted by molar-refractivity contribution is 0.470. The molecule has 0 aliphatic heterocycles. The van der Waals surface area contributed by atoms with Gasteiger partial charge in [0.25, 0.3) is 0 Å². The molecule has 5 rings (SSSR count). The van der Waals surface area contributed by atoms with Crippen molar-refractivity contribution in [2.45, 2.75) is 41.5 Å². The Balaban J connectivity index is 2.02. The maximum Gasteiger partial charge on any atom is 0.118 e. The Hall–Kier alpha value is -4.70. The minimum absolute atomic E-state index is 0.234. The molecule has 0 unspecified atom stereocenters. The van der Waals surface area contributed by atoms with Gasteiger partial charge < -0.3 is 20.4 Å². The highest BCUT2D eigenvalue weighted by Crippen LogP contribution is 2.50. The first-order chi connectivity index (χ1) is 19.0. The van der Waals surface area contributed by atoms with Gasteiger partial charge in [0.2, 0.25) is 0 Å². The van der Waals surface area contributed by atoms with Crippen molar-refractivity contribution in [1.82, 2.24) is 0 Å². The quantitative estimate of drug-likeness (QED) is 0.187. The average molecular weight is 531 g/mol. The smallest absolute Gasteiger partial charge is 0.118 e. The fraction of sp³-hybridized carbons (Fsp3) is 0.167. The second-order valence-corrected chi connectivity index (χ2v) is 10.8. The van der Waals surface area contributed by atoms with E-state index in [1.807, 2.05) is 76.2 Å². The van der Waals surface area contributed by atoms with Crippen LogP contribution in [-0.4, -0.2) is 20.4 Å². The number of aryl methyl sites for hydroxylation is 4. The van der Waals surface area contributed by atoms with Gasteiger partial charge in [-0.25, -0.2) is 0 Å². The van der Waals surface area contributed by atoms with Crippen LogP contribution in [0.25, 0.3) is 44.5 Å². The van der Waals surface area contributed by atoms with Crippen LogP contribution in [0.5, 0.6) is 23.0 Å². The first kappa shape index (κ1) is 26.9. The number of benzene rings is 5. The maximum absolute atomic E-state index is 10.4. The summed E-state index contributed by atoms with van der Waals surface area (Å²) in [5.41, 5.74) is 13.2. The van der Waals surface area contributed by atoms with Crippen LogP contribution in [0.1, 0.15) is 33.4 Å². The van der Waals surface area contributed by atoms with E-state index in [4.69, 9.17) is 0 Å². The SMILES string of the molecule is Cc1cc(-c2c(C)c(-c3ccc(O)c(C)c3)c(-c3ccc(O)c(C)c3)c(-c3ccc(O)c(C)c3)c2C)ccc1O. The minimum atomic E-state index is 0.234. The summed E-state index contributed by atoms with van der Waals surface area (Å²) in [5.74, 6) is 0.954. The Bertz CT molecular complexity index is 1720. The van der Waals surface area contributed by atoms with Crippen LogP contribution in [-0.2, 0) is 0 Å². The monoisotopic (exact) mass is 530 g/mol. The van der Waals surface area contributed by atoms with Crippen LogP contribution in [0.3, 0.4) is 0 Å². The van der Waals surface area contributed by atoms with Gasteiger partial charge in [0.15, 0.2) is 0 Å². The van der Waals surface area contributed by atoms with Crippen molar-refractivity contribution >= 4 is 0 Å². The van der Waals surface area contributed by atoms with Crippen molar-refractivity contribution in [1.29, 1.82) is 0 Å². The fourth-order valence-electron chi connectivity index (χ4n) is 5.72. The van der Waals surface area contributed by atoms with Crippen LogP contribution < -0.4 is 0 Å². The molecular weight excluding hydrogens is 496 g/mol. The molecule has 0 radical (unpaired) electrons. The van der Waals surface area contributed by atoms with Gasteiger partial charge in [0.1, 0.15) is 23.0 Å². The second-order valence-electron chi connectivity index (χ2n) is 10.8. The Labute approximate surface area is 235 Å². The van der Waals surface area contributed by atoms with Crippen LogP contribution in [0.4, 0.5) is 0 Å². The highest BCUT2D eigenvalue weighted by Gasteiger charge is 2.25. The van der Waals surface area contributed by atoms with Gasteiger partial charge in [0.05, 0.1) is 0 Å². The Morgan fingerprint density at radius 2 is 0.575 bits per heavy atom. The van der Waals surface area contributed by atoms with E-state index >= 15 is 0 Å². The van der Waals surface area contributed by atoms with Gasteiger partial charge in [0, 0.05) is 0 Å². The van der Waals surface area contributed by atoms with Crippen molar-refractivity contribution in [3.05, 3.63) is 106 Å². The first-order valence-electron chi connectivity index (χ1n) is 13.3. The second kappa shape index (κ2) is 10.1. The fourth-order valence-corrected chi connectivity index (χ4v) is 5.72. The third-order valence-corrected chi connectivity index (χ3v) is 7.94. The first-order valence-corrected chi connectivity index (χ1v) is 13.3. The molecular formula is C36H34O4. The van der Waals surface area contributed by atoms with Gasteiger partial charge in [-0.05, 0) is 168 Å². The average Bonchev–Trinajstić information content (AvgIpc) is 2.91. The molecule has 5 aromatic rings. The van der Waals surface area contributed by atoms with Gasteiger partial charge in [-0.2, -0.15) is 0 Å². The van der Waals surface area contributed by atoms with Gasteiger partial charge in [-0.15, -0.1) is 0 Å². The molecule has 202 valence electrons. The van der Waals surface area contributed by atoms with Gasteiger partial charge in [-0.3, -0.25) is 0 Å². The highest BCUT2D eigenvalue weighted by atomic mass is 16.3. The van der Waals surface area contributed by atoms with Crippen molar-refractivity contribution in [2.24, 2.45) is 0 Å². The molecule has 0 saturated heterocycles. The molecule has 4 N–H and O–H groups in total. The topological polar surface area (TPSA) is 80.9 Å². The Morgan fingerprint density at radius 1 is 0.325 bits per heavy atom. The summed E-state index contributed by atoms with van der Waals surface area (Å²) in [6.07, 6.45) is 0. The van der Waals surface area contributed by atoms with Crippen LogP contribution >= 0.6 is 0 Å². The van der Waals surface area contributed by atoms with E-state index < -0.39 is 0 Å². The summed E-state index contributed by atoms with van der Waals surface area (Å²) < 4.78 is 0. The Kier molecular flexibility index (Phi) is 6.80. The van der Waals surface area contributed by atoms with Crippen molar-refractivity contribution in [2.75, 3.05) is 0 Å². The van der Waals surface area contributed by atoms with Crippen LogP contribution in [0.15, 0.2) is 72.8 Å². The summed E-state index contributed by atoms with van der Waals surface area (Å²) in [6.45, 7) is 11.8. The standard InChI is InChI=1S/C36H34O4/c1-19-15-25(7-11-29(19)37)33-23(5)34(26-8-12-30(38)20(2)16-26)36(28-10-14-32(40)22(4)18-28)35(24(33)6)27-9-13-31(39)21(3)17-27/h7-18,37-40H,1-6H3. The lowest BCUT2D eigenvalue weighted by Crippen LogP contribution is -2.02. The molecule has 4 nitrogen and oxygen atoms in total. The predicted octanol–water partition coefficient (Wildman–Crippen LogP) is 9.03. The maximum atomic E-state index is 10.4. The summed E-state index contributed by atoms with van der Waals surface area (Å²) >= 11 is 0. The molecule has 0 saturated carbocycles. The van der Waals surface area contributed by atoms with E-state index in [0.29, 0.717) is 0 Å². The zero-order chi connectivity index (χ0) is 28.9. The molecule has 0 amide bonds. The van der Waals surface area contributed by atoms with Crippen molar-refractivity contribution in [3.8, 4) is 67.5 Å². The molecule has 0 bridgehead atoms. The largest absolute Gasteiger partial charge is 0.508 e. The highest BCUT2D eigenvalue weighted by molar-refractivity contribution is 6.02. The van der Waals surface area contributed by atoms with Crippen LogP contribution in [0.2, 0.25) is 0 Å². The molecule has 40 heavy (non-hydrogen) atoms.